The van der Waals surface area contributed by atoms with Gasteiger partial charge in [-0.05, 0) is 17.7 Å². The van der Waals surface area contributed by atoms with E-state index >= 15 is 0 Å². The summed E-state index contributed by atoms with van der Waals surface area (Å²) < 4.78 is 64.2. The number of hydrogen-bond donors (Lipinski definition) is 2. The number of anilines is 1. The molecule has 2 N–H and O–H groups in total. The first-order valence-corrected chi connectivity index (χ1v) is 5.30. The molecule has 108 valence electrons. The zero-order chi connectivity index (χ0) is 14.6. The number of alkyl halides is 3. The van der Waals surface area contributed by atoms with Gasteiger partial charge in [0.1, 0.15) is 23.9 Å². The van der Waals surface area contributed by atoms with Gasteiger partial charge in [0, 0.05) is 6.54 Å². The van der Waals surface area contributed by atoms with E-state index in [0.29, 0.717) is 4.90 Å². The van der Waals surface area contributed by atoms with Gasteiger partial charge in [0.15, 0.2) is 0 Å². The molecule has 0 fully saturated rings. The van der Waals surface area contributed by atoms with Gasteiger partial charge in [-0.2, -0.15) is 13.2 Å². The molecule has 0 bridgehead atoms. The summed E-state index contributed by atoms with van der Waals surface area (Å²) in [5.74, 6) is -2.44. The van der Waals surface area contributed by atoms with Crippen LogP contribution in [0.5, 0.6) is 0 Å². The van der Waals surface area contributed by atoms with Crippen LogP contribution in [0.4, 0.5) is 27.6 Å². The van der Waals surface area contributed by atoms with Crippen LogP contribution in [0.25, 0.3) is 0 Å². The van der Waals surface area contributed by atoms with E-state index in [-0.39, 0.29) is 5.56 Å². The molecule has 1 aromatic carbocycles. The molecular formula is C11H12F5NO2. The van der Waals surface area contributed by atoms with Crippen molar-refractivity contribution in [1.29, 1.82) is 0 Å². The fourth-order valence-corrected chi connectivity index (χ4v) is 1.62. The highest BCUT2D eigenvalue weighted by atomic mass is 19.4. The molecule has 0 aliphatic carbocycles. The predicted octanol–water partition coefficient (Wildman–Crippen LogP) is 1.82. The van der Waals surface area contributed by atoms with Gasteiger partial charge in [0.2, 0.25) is 0 Å². The van der Waals surface area contributed by atoms with Gasteiger partial charge in [0.25, 0.3) is 0 Å². The molecule has 0 unspecified atom stereocenters. The van der Waals surface area contributed by atoms with Gasteiger partial charge in [-0.1, -0.05) is 0 Å². The molecule has 0 saturated carbocycles. The third-order valence-electron chi connectivity index (χ3n) is 2.32. The van der Waals surface area contributed by atoms with E-state index in [0.717, 1.165) is 12.1 Å². The SMILES string of the molecule is OCCN(CC(F)(F)F)c1c(F)cc(CO)cc1F. The summed E-state index contributed by atoms with van der Waals surface area (Å²) >= 11 is 0. The van der Waals surface area contributed by atoms with Crippen molar-refractivity contribution in [3.05, 3.63) is 29.3 Å². The Bertz CT molecular complexity index is 413. The first-order valence-electron chi connectivity index (χ1n) is 5.30. The van der Waals surface area contributed by atoms with E-state index in [4.69, 9.17) is 10.2 Å². The maximum Gasteiger partial charge on any atom is 0.405 e. The van der Waals surface area contributed by atoms with Gasteiger partial charge in [-0.3, -0.25) is 0 Å². The van der Waals surface area contributed by atoms with Crippen LogP contribution in [0.3, 0.4) is 0 Å². The molecule has 1 aromatic rings. The fourth-order valence-electron chi connectivity index (χ4n) is 1.62. The predicted molar refractivity (Wildman–Crippen MR) is 57.6 cm³/mol. The van der Waals surface area contributed by atoms with Crippen LogP contribution in [0, 0.1) is 11.6 Å². The molecule has 8 heteroatoms. The van der Waals surface area contributed by atoms with Crippen LogP contribution in [-0.2, 0) is 6.61 Å². The molecule has 1 rings (SSSR count). The van der Waals surface area contributed by atoms with Crippen molar-refractivity contribution >= 4 is 5.69 Å². The molecule has 0 aliphatic rings. The van der Waals surface area contributed by atoms with E-state index < -0.39 is 49.8 Å². The molecule has 3 nitrogen and oxygen atoms in total. The first kappa shape index (κ1) is 15.6. The second kappa shape index (κ2) is 6.16. The van der Waals surface area contributed by atoms with Crippen LogP contribution in [0.2, 0.25) is 0 Å². The maximum atomic E-state index is 13.6. The highest BCUT2D eigenvalue weighted by Gasteiger charge is 2.32. The standard InChI is InChI=1S/C11H12F5NO2/c12-8-3-7(5-19)4-9(13)10(8)17(1-2-18)6-11(14,15)16/h3-4,18-19H,1-2,5-6H2. The van der Waals surface area contributed by atoms with Gasteiger partial charge in [-0.25, -0.2) is 8.78 Å². The fraction of sp³-hybridized carbons (Fsp3) is 0.455. The van der Waals surface area contributed by atoms with Gasteiger partial charge in [-0.15, -0.1) is 0 Å². The normalized spacial score (nSPS) is 11.7. The summed E-state index contributed by atoms with van der Waals surface area (Å²) in [5, 5.41) is 17.4. The molecule has 0 atom stereocenters. The largest absolute Gasteiger partial charge is 0.405 e. The molecular weight excluding hydrogens is 273 g/mol. The Morgan fingerprint density at radius 3 is 1.95 bits per heavy atom. The summed E-state index contributed by atoms with van der Waals surface area (Å²) in [6, 6.07) is 1.50. The number of benzene rings is 1. The summed E-state index contributed by atoms with van der Waals surface area (Å²) in [6.45, 7) is -3.46. The monoisotopic (exact) mass is 285 g/mol. The number of hydrogen-bond acceptors (Lipinski definition) is 3. The Labute approximate surface area is 105 Å². The Balaban J connectivity index is 3.15. The summed E-state index contributed by atoms with van der Waals surface area (Å²) in [7, 11) is 0. The Kier molecular flexibility index (Phi) is 5.07. The highest BCUT2D eigenvalue weighted by Crippen LogP contribution is 2.28. The third kappa shape index (κ3) is 4.32. The van der Waals surface area contributed by atoms with Crippen molar-refractivity contribution in [2.75, 3.05) is 24.6 Å². The zero-order valence-corrected chi connectivity index (χ0v) is 9.71. The van der Waals surface area contributed by atoms with Crippen molar-refractivity contribution < 1.29 is 32.2 Å². The molecule has 0 spiro atoms. The topological polar surface area (TPSA) is 43.7 Å². The van der Waals surface area contributed by atoms with Crippen LogP contribution >= 0.6 is 0 Å². The minimum Gasteiger partial charge on any atom is -0.395 e. The number of halogens is 5. The van der Waals surface area contributed by atoms with E-state index in [2.05, 4.69) is 0 Å². The van der Waals surface area contributed by atoms with Crippen molar-refractivity contribution in [2.45, 2.75) is 12.8 Å². The summed E-state index contributed by atoms with van der Waals surface area (Å²) in [4.78, 5) is 0.367. The molecule has 0 amide bonds. The lowest BCUT2D eigenvalue weighted by atomic mass is 10.1. The summed E-state index contributed by atoms with van der Waals surface area (Å²) in [6.07, 6.45) is -4.66. The van der Waals surface area contributed by atoms with E-state index in [1.807, 2.05) is 0 Å². The van der Waals surface area contributed by atoms with Crippen molar-refractivity contribution in [3.63, 3.8) is 0 Å². The molecule has 19 heavy (non-hydrogen) atoms. The van der Waals surface area contributed by atoms with Crippen molar-refractivity contribution in [3.8, 4) is 0 Å². The zero-order valence-electron chi connectivity index (χ0n) is 9.71. The molecule has 0 heterocycles. The van der Waals surface area contributed by atoms with Crippen LogP contribution in [0.15, 0.2) is 12.1 Å². The number of aliphatic hydroxyl groups excluding tert-OH is 2. The average Bonchev–Trinajstić information content (AvgIpc) is 2.26. The smallest absolute Gasteiger partial charge is 0.395 e. The minimum atomic E-state index is -4.66. The quantitative estimate of drug-likeness (QED) is 0.811. The Morgan fingerprint density at radius 2 is 1.58 bits per heavy atom. The van der Waals surface area contributed by atoms with E-state index in [1.165, 1.54) is 0 Å². The van der Waals surface area contributed by atoms with Crippen LogP contribution in [0.1, 0.15) is 5.56 Å². The lowest BCUT2D eigenvalue weighted by Gasteiger charge is -2.26. The second-order valence-electron chi connectivity index (χ2n) is 3.83. The minimum absolute atomic E-state index is 0.0882. The number of nitrogens with zero attached hydrogens (tertiary/aromatic N) is 1. The molecule has 0 aromatic heterocycles. The van der Waals surface area contributed by atoms with Crippen LogP contribution in [-0.4, -0.2) is 36.1 Å². The third-order valence-corrected chi connectivity index (χ3v) is 2.32. The average molecular weight is 285 g/mol. The van der Waals surface area contributed by atoms with Gasteiger partial charge >= 0.3 is 6.18 Å². The molecule has 0 aliphatic heterocycles. The van der Waals surface area contributed by atoms with Gasteiger partial charge < -0.3 is 15.1 Å². The number of aliphatic hydroxyl groups is 2. The van der Waals surface area contributed by atoms with E-state index in [9.17, 15) is 22.0 Å². The lowest BCUT2D eigenvalue weighted by molar-refractivity contribution is -0.120. The number of rotatable bonds is 5. The highest BCUT2D eigenvalue weighted by molar-refractivity contribution is 5.51. The molecule has 0 saturated heterocycles. The second-order valence-corrected chi connectivity index (χ2v) is 3.83. The van der Waals surface area contributed by atoms with E-state index in [1.54, 1.807) is 0 Å². The maximum absolute atomic E-state index is 13.6. The van der Waals surface area contributed by atoms with Crippen molar-refractivity contribution in [2.24, 2.45) is 0 Å². The first-order chi connectivity index (χ1) is 8.78. The Hall–Kier alpha value is -1.41. The lowest BCUT2D eigenvalue weighted by Crippen LogP contribution is -2.37. The van der Waals surface area contributed by atoms with Gasteiger partial charge in [0.05, 0.1) is 13.2 Å². The van der Waals surface area contributed by atoms with Crippen LogP contribution < -0.4 is 4.90 Å². The Morgan fingerprint density at radius 1 is 1.05 bits per heavy atom. The molecule has 0 radical (unpaired) electrons. The summed E-state index contributed by atoms with van der Waals surface area (Å²) in [5.41, 5.74) is -0.960. The van der Waals surface area contributed by atoms with Crippen molar-refractivity contribution in [1.82, 2.24) is 0 Å².